The zero-order valence-corrected chi connectivity index (χ0v) is 57.7. The molecule has 42 nitrogen and oxygen atoms in total. The molecule has 38 atom stereocenters. The van der Waals surface area contributed by atoms with Crippen LogP contribution in [0.3, 0.4) is 0 Å². The van der Waals surface area contributed by atoms with Crippen molar-refractivity contribution < 1.29 is 202 Å². The van der Waals surface area contributed by atoms with Gasteiger partial charge in [-0.2, -0.15) is 23.5 Å². The van der Waals surface area contributed by atoms with Gasteiger partial charge < -0.3 is 188 Å². The number of hydrogen-bond acceptors (Lipinski definition) is 42. The highest BCUT2D eigenvalue weighted by molar-refractivity contribution is 7.99. The second kappa shape index (κ2) is 39.1. The van der Waals surface area contributed by atoms with Gasteiger partial charge in [0, 0.05) is 42.3 Å². The third-order valence-electron chi connectivity index (χ3n) is 19.2. The fourth-order valence-corrected chi connectivity index (χ4v) is 15.6. The van der Waals surface area contributed by atoms with Crippen LogP contribution in [0, 0.1) is 11.8 Å². The zero-order chi connectivity index (χ0) is 75.7. The van der Waals surface area contributed by atoms with Crippen molar-refractivity contribution in [1.82, 2.24) is 5.32 Å². The molecule has 0 aliphatic carbocycles. The van der Waals surface area contributed by atoms with E-state index in [4.69, 9.17) is 80.5 Å². The number of Topliss-reactive ketones (excluding diaryl/α,β-unsaturated/α-hetero) is 2. The van der Waals surface area contributed by atoms with Crippen LogP contribution in [0.25, 0.3) is 0 Å². The number of aliphatic hydroxyl groups is 18. The SMILES string of the molecule is CN[C@H](CSCC1O[C@@H]2O[C@@H]3C(CO)O[C@H](O[C@@H]4C(CO)O[C@H](O[C@@H]5C(CO)O[C@H](O[C@@H]6C(CSC[C@@H](CC(=O)CCOCCOCCC(C)=O)C(=O)O)O[C@H](O[C@@H]7C(CO)O[C@@H](O[C@H]8C(CO)O[C@H](O[C@H]1[C@H](O)C2O)C(O)[C@H]8O)C(O)[C@H]7O)C(O)[C@H]6O)C(O)[C@H]5O)C1C(O)O[C@H]14)C(O)[C@H]3O)C(=O)O. The topological polar surface area (TPSA) is 642 Å². The van der Waals surface area contributed by atoms with Crippen LogP contribution in [0.5, 0.6) is 0 Å². The molecule has 21 fully saturated rings. The predicted octanol–water partition coefficient (Wildman–Crippen LogP) is -12.4. The predicted molar refractivity (Wildman–Crippen MR) is 334 cm³/mol. The lowest BCUT2D eigenvalue weighted by Gasteiger charge is -2.56. The van der Waals surface area contributed by atoms with Crippen molar-refractivity contribution in [1.29, 1.82) is 0 Å². The molecular weight excluding hydrogens is 1450 g/mol. The number of rotatable bonds is 27. The number of likely N-dealkylation sites (N-methyl/N-ethyl adjacent to an activating group) is 1. The van der Waals surface area contributed by atoms with Gasteiger partial charge in [-0.3, -0.25) is 19.2 Å². The molecule has 21 saturated heterocycles. The van der Waals surface area contributed by atoms with Gasteiger partial charge in [-0.1, -0.05) is 0 Å². The average Bonchev–Trinajstić information content (AvgIpc) is 0.741. The molecule has 0 radical (unpaired) electrons. The molecule has 0 aromatic heterocycles. The van der Waals surface area contributed by atoms with Crippen molar-refractivity contribution in [2.75, 3.05) is 89.5 Å². The minimum atomic E-state index is -2.30. The first-order valence-electron chi connectivity index (χ1n) is 33.8. The summed E-state index contributed by atoms with van der Waals surface area (Å²) in [4.78, 5) is 48.8. The van der Waals surface area contributed by atoms with Gasteiger partial charge in [0.25, 0.3) is 0 Å². The summed E-state index contributed by atoms with van der Waals surface area (Å²) in [7, 11) is 1.36. The Balaban J connectivity index is 0.998. The molecule has 44 heteroatoms. The molecule has 0 aromatic rings. The molecule has 15 unspecified atom stereocenters. The smallest absolute Gasteiger partial charge is 0.321 e. The molecule has 104 heavy (non-hydrogen) atoms. The molecule has 14 bridgehead atoms. The summed E-state index contributed by atoms with van der Waals surface area (Å²) >= 11 is 1.70. The monoisotopic (exact) mass is 1550 g/mol. The van der Waals surface area contributed by atoms with Crippen molar-refractivity contribution in [2.45, 2.75) is 247 Å². The van der Waals surface area contributed by atoms with Gasteiger partial charge in [0.2, 0.25) is 0 Å². The highest BCUT2D eigenvalue weighted by atomic mass is 32.2. The lowest BCUT2D eigenvalue weighted by Crippen LogP contribution is -2.72. The van der Waals surface area contributed by atoms with Crippen LogP contribution in [0.15, 0.2) is 0 Å². The summed E-state index contributed by atoms with van der Waals surface area (Å²) in [6.45, 7) is -3.60. The molecule has 21 heterocycles. The minimum Gasteiger partial charge on any atom is -0.481 e. The van der Waals surface area contributed by atoms with Crippen LogP contribution in [0.4, 0.5) is 0 Å². The number of nitrogens with one attached hydrogen (secondary N) is 1. The number of ether oxygens (including phenoxy) is 17. The number of carboxylic acid groups (broad SMARTS) is 2. The maximum Gasteiger partial charge on any atom is 0.321 e. The van der Waals surface area contributed by atoms with Crippen molar-refractivity contribution >= 4 is 47.0 Å². The summed E-state index contributed by atoms with van der Waals surface area (Å²) in [6.07, 6.45) is -69.6. The van der Waals surface area contributed by atoms with E-state index in [1.54, 1.807) is 0 Å². The fourth-order valence-electron chi connectivity index (χ4n) is 13.3. The van der Waals surface area contributed by atoms with E-state index >= 15 is 0 Å². The van der Waals surface area contributed by atoms with E-state index in [0.29, 0.717) is 0 Å². The number of thioether (sulfide) groups is 2. The molecule has 21 aliphatic rings. The van der Waals surface area contributed by atoms with Crippen LogP contribution in [0.1, 0.15) is 26.2 Å². The molecule has 21 aliphatic heterocycles. The van der Waals surface area contributed by atoms with Crippen LogP contribution in [0.2, 0.25) is 0 Å². The van der Waals surface area contributed by atoms with E-state index in [2.05, 4.69) is 5.32 Å². The van der Waals surface area contributed by atoms with Gasteiger partial charge in [-0.15, -0.1) is 0 Å². The van der Waals surface area contributed by atoms with Gasteiger partial charge in [-0.25, -0.2) is 0 Å². The van der Waals surface area contributed by atoms with Crippen molar-refractivity contribution in [3.05, 3.63) is 0 Å². The first-order chi connectivity index (χ1) is 49.6. The van der Waals surface area contributed by atoms with E-state index in [1.807, 2.05) is 0 Å². The Bertz CT molecular complexity index is 2690. The number of hydrogen-bond donors (Lipinski definition) is 21. The molecule has 21 rings (SSSR count). The quantitative estimate of drug-likeness (QED) is 0.0340. The number of carboxylic acids is 2. The molecule has 0 saturated carbocycles. The number of aliphatic hydroxyl groups excluding tert-OH is 18. The lowest BCUT2D eigenvalue weighted by molar-refractivity contribution is -0.440. The van der Waals surface area contributed by atoms with Crippen LogP contribution < -0.4 is 5.32 Å². The summed E-state index contributed by atoms with van der Waals surface area (Å²) in [5.41, 5.74) is 0. The lowest BCUT2D eigenvalue weighted by atomic mass is 9.85. The maximum absolute atomic E-state index is 13.1. The van der Waals surface area contributed by atoms with Crippen LogP contribution >= 0.6 is 23.5 Å². The Morgan fingerprint density at radius 1 is 0.365 bits per heavy atom. The van der Waals surface area contributed by atoms with Gasteiger partial charge in [0.1, 0.15) is 170 Å². The molecule has 21 N–H and O–H groups in total. The standard InChI is InChI=1S/C60H97NO41S2/c1-19(67)3-5-86-7-8-87-6-4-21(68)9-20(51(81)82)15-103-17-28-47-35(73)41(79)59(93-28)98-45-25(12-64)90-55(38(76)32(45)70)97-44-24(11-63)91-57(39(77)33(44)71)101-48-29(18-104-16-22(61-2)52(83)84)94-60(42(80)36(48)74)99-46-26(13-65)92-58(40(78)34(46)72)102-49-27(14-66)88-54(30-50(49)95-53(30)85)96-43-23(10-62)89-56(100-47)37(75)31(43)69/h20,22-50,53-66,69-80,85H,3-18H2,1-2H3,(H,81,82)(H,83,84)/t20-,22-,23?,24?,25?,26?,27?,28?,29?,30?,31-,32-,33-,34-,35-,36-,37?,38?,39?,40?,41?,42?,43-,44+,45-,46-,47-,48-,49-,50-,53?,54-,55+,56-,57-,58-,59-,60-/m1/s1. The first-order valence-corrected chi connectivity index (χ1v) is 36.1. The van der Waals surface area contributed by atoms with E-state index in [-0.39, 0.29) is 62.3 Å². The van der Waals surface area contributed by atoms with E-state index in [0.717, 1.165) is 23.5 Å². The Labute approximate surface area is 600 Å². The Hall–Kier alpha value is -2.46. The second-order valence-electron chi connectivity index (χ2n) is 26.3. The third-order valence-corrected chi connectivity index (χ3v) is 21.6. The molecule has 600 valence electrons. The molecule has 0 spiro atoms. The van der Waals surface area contributed by atoms with E-state index < -0.39 is 296 Å². The highest BCUT2D eigenvalue weighted by Gasteiger charge is 2.63. The summed E-state index contributed by atoms with van der Waals surface area (Å²) < 4.78 is 100. The summed E-state index contributed by atoms with van der Waals surface area (Å²) in [5.74, 6) is -7.32. The van der Waals surface area contributed by atoms with E-state index in [9.17, 15) is 121 Å². The number of carbonyl (C=O) groups is 4. The number of carbonyl (C=O) groups excluding carboxylic acids is 2. The second-order valence-corrected chi connectivity index (χ2v) is 28.5. The van der Waals surface area contributed by atoms with Crippen molar-refractivity contribution in [3.8, 4) is 0 Å². The van der Waals surface area contributed by atoms with Gasteiger partial charge in [0.05, 0.1) is 83.5 Å². The third kappa shape index (κ3) is 19.9. The molecule has 0 aromatic carbocycles. The summed E-state index contributed by atoms with van der Waals surface area (Å²) in [6, 6.07) is -1.17. The number of ketones is 2. The minimum absolute atomic E-state index is 0.0710. The van der Waals surface area contributed by atoms with Gasteiger partial charge in [0.15, 0.2) is 50.3 Å². The van der Waals surface area contributed by atoms with Gasteiger partial charge >= 0.3 is 11.9 Å². The molecular formula is C60H97NO41S2. The highest BCUT2D eigenvalue weighted by Crippen LogP contribution is 2.45. The van der Waals surface area contributed by atoms with Crippen LogP contribution in [-0.2, 0) is 99.7 Å². The normalized spacial score (nSPS) is 45.7. The van der Waals surface area contributed by atoms with Crippen LogP contribution in [-0.4, -0.2) is 436 Å². The zero-order valence-electron chi connectivity index (χ0n) is 56.1. The van der Waals surface area contributed by atoms with Crippen molar-refractivity contribution in [2.24, 2.45) is 11.8 Å². The largest absolute Gasteiger partial charge is 0.481 e. The first kappa shape index (κ1) is 85.5. The van der Waals surface area contributed by atoms with E-state index in [1.165, 1.54) is 14.0 Å². The Kier molecular flexibility index (Phi) is 32.2. The Morgan fingerprint density at radius 2 is 0.673 bits per heavy atom. The average molecular weight is 1550 g/mol. The number of aliphatic carboxylic acids is 2. The van der Waals surface area contributed by atoms with Crippen molar-refractivity contribution in [3.63, 3.8) is 0 Å². The Morgan fingerprint density at radius 3 is 1.00 bits per heavy atom. The molecule has 0 amide bonds. The van der Waals surface area contributed by atoms with Gasteiger partial charge in [-0.05, 0) is 14.0 Å². The summed E-state index contributed by atoms with van der Waals surface area (Å²) in [5, 5.41) is 229. The fraction of sp³-hybridized carbons (Fsp3) is 0.933. The maximum atomic E-state index is 13.1.